The van der Waals surface area contributed by atoms with E-state index in [-0.39, 0.29) is 5.82 Å². The molecule has 0 spiro atoms. The molecule has 1 N–H and O–H groups in total. The second-order valence-electron chi connectivity index (χ2n) is 3.92. The molecule has 2 aromatic rings. The van der Waals surface area contributed by atoms with Gasteiger partial charge in [0.1, 0.15) is 10.4 Å². The lowest BCUT2D eigenvalue weighted by Crippen LogP contribution is -2.02. The number of nitrogens with one attached hydrogen (secondary N) is 1. The van der Waals surface area contributed by atoms with E-state index >= 15 is 0 Å². The molecule has 0 unspecified atom stereocenters. The van der Waals surface area contributed by atoms with Crippen molar-refractivity contribution in [1.82, 2.24) is 4.98 Å². The van der Waals surface area contributed by atoms with Crippen LogP contribution in [-0.4, -0.2) is 4.98 Å². The minimum Gasteiger partial charge on any atom is -0.380 e. The van der Waals surface area contributed by atoms with Gasteiger partial charge in [-0.2, -0.15) is 0 Å². The second kappa shape index (κ2) is 5.67. The fraction of sp³-hybridized carbons (Fsp3) is 0.154. The van der Waals surface area contributed by atoms with Crippen molar-refractivity contribution in [1.29, 1.82) is 0 Å². The van der Waals surface area contributed by atoms with Gasteiger partial charge in [0.05, 0.1) is 11.9 Å². The van der Waals surface area contributed by atoms with Crippen LogP contribution in [0.3, 0.4) is 0 Å². The molecule has 0 bridgehead atoms. The van der Waals surface area contributed by atoms with E-state index in [1.54, 1.807) is 18.3 Å². The van der Waals surface area contributed by atoms with Crippen LogP contribution in [0.15, 0.2) is 35.1 Å². The Morgan fingerprint density at radius 3 is 2.83 bits per heavy atom. The van der Waals surface area contributed by atoms with Crippen molar-refractivity contribution in [3.8, 4) is 0 Å². The third kappa shape index (κ3) is 3.21. The van der Waals surface area contributed by atoms with Crippen molar-refractivity contribution in [2.24, 2.45) is 0 Å². The van der Waals surface area contributed by atoms with Gasteiger partial charge in [-0.05, 0) is 46.6 Å². The molecular formula is C13H11BrClFN2. The number of halogens is 3. The standard InChI is InChI=1S/C13H11BrClFN2/c1-8-4-11(7-18-13(8)14)17-6-9-2-3-10(15)5-12(9)16/h2-5,7,17H,6H2,1H3. The molecular weight excluding hydrogens is 319 g/mol. The number of anilines is 1. The number of rotatable bonds is 3. The highest BCUT2D eigenvalue weighted by atomic mass is 79.9. The molecule has 0 aliphatic rings. The van der Waals surface area contributed by atoms with Crippen molar-refractivity contribution in [3.05, 3.63) is 57.0 Å². The molecule has 0 saturated heterocycles. The van der Waals surface area contributed by atoms with Crippen LogP contribution in [0.25, 0.3) is 0 Å². The van der Waals surface area contributed by atoms with E-state index in [4.69, 9.17) is 11.6 Å². The highest BCUT2D eigenvalue weighted by molar-refractivity contribution is 9.10. The van der Waals surface area contributed by atoms with Crippen LogP contribution in [-0.2, 0) is 6.54 Å². The molecule has 0 atom stereocenters. The second-order valence-corrected chi connectivity index (χ2v) is 5.11. The SMILES string of the molecule is Cc1cc(NCc2ccc(Cl)cc2F)cnc1Br. The van der Waals surface area contributed by atoms with Crippen LogP contribution in [0.5, 0.6) is 0 Å². The average Bonchev–Trinajstić information content (AvgIpc) is 2.32. The van der Waals surface area contributed by atoms with E-state index in [0.29, 0.717) is 17.1 Å². The van der Waals surface area contributed by atoms with Gasteiger partial charge in [0.2, 0.25) is 0 Å². The maximum absolute atomic E-state index is 13.5. The van der Waals surface area contributed by atoms with Crippen molar-refractivity contribution >= 4 is 33.2 Å². The zero-order valence-electron chi connectivity index (χ0n) is 9.67. The highest BCUT2D eigenvalue weighted by Crippen LogP contribution is 2.19. The van der Waals surface area contributed by atoms with Crippen molar-refractivity contribution in [2.45, 2.75) is 13.5 Å². The molecule has 5 heteroatoms. The van der Waals surface area contributed by atoms with Crippen LogP contribution in [0.4, 0.5) is 10.1 Å². The minimum atomic E-state index is -0.309. The Bertz CT molecular complexity index is 575. The van der Waals surface area contributed by atoms with E-state index in [9.17, 15) is 4.39 Å². The van der Waals surface area contributed by atoms with Gasteiger partial charge in [-0.3, -0.25) is 0 Å². The monoisotopic (exact) mass is 328 g/mol. The third-order valence-corrected chi connectivity index (χ3v) is 3.58. The Balaban J connectivity index is 2.09. The van der Waals surface area contributed by atoms with Gasteiger partial charge in [0, 0.05) is 17.1 Å². The molecule has 0 saturated carbocycles. The Hall–Kier alpha value is -1.13. The predicted octanol–water partition coefficient (Wildman–Crippen LogP) is 4.56. The van der Waals surface area contributed by atoms with E-state index < -0.39 is 0 Å². The van der Waals surface area contributed by atoms with Gasteiger partial charge in [0.15, 0.2) is 0 Å². The zero-order valence-corrected chi connectivity index (χ0v) is 12.0. The van der Waals surface area contributed by atoms with Crippen LogP contribution in [0.2, 0.25) is 5.02 Å². The zero-order chi connectivity index (χ0) is 13.1. The Kier molecular flexibility index (Phi) is 4.19. The lowest BCUT2D eigenvalue weighted by molar-refractivity contribution is 0.613. The highest BCUT2D eigenvalue weighted by Gasteiger charge is 2.03. The number of aryl methyl sites for hydroxylation is 1. The molecule has 0 amide bonds. The summed E-state index contributed by atoms with van der Waals surface area (Å²) in [5, 5.41) is 3.52. The number of benzene rings is 1. The molecule has 1 aromatic heterocycles. The van der Waals surface area contributed by atoms with Crippen LogP contribution in [0, 0.1) is 12.7 Å². The minimum absolute atomic E-state index is 0.309. The number of hydrogen-bond donors (Lipinski definition) is 1. The van der Waals surface area contributed by atoms with Crippen molar-refractivity contribution in [3.63, 3.8) is 0 Å². The van der Waals surface area contributed by atoms with Crippen LogP contribution < -0.4 is 5.32 Å². The molecule has 0 aliphatic carbocycles. The van der Waals surface area contributed by atoms with E-state index in [1.165, 1.54) is 6.07 Å². The first-order valence-electron chi connectivity index (χ1n) is 5.36. The fourth-order valence-corrected chi connectivity index (χ4v) is 1.89. The van der Waals surface area contributed by atoms with Crippen LogP contribution in [0.1, 0.15) is 11.1 Å². The number of pyridine rings is 1. The third-order valence-electron chi connectivity index (χ3n) is 2.51. The van der Waals surface area contributed by atoms with E-state index in [0.717, 1.165) is 15.9 Å². The molecule has 2 rings (SSSR count). The summed E-state index contributed by atoms with van der Waals surface area (Å²) >= 11 is 9.03. The summed E-state index contributed by atoms with van der Waals surface area (Å²) in [6.07, 6.45) is 1.70. The topological polar surface area (TPSA) is 24.9 Å². The van der Waals surface area contributed by atoms with Gasteiger partial charge in [-0.25, -0.2) is 9.37 Å². The first kappa shape index (κ1) is 13.3. The first-order valence-corrected chi connectivity index (χ1v) is 6.53. The van der Waals surface area contributed by atoms with Crippen molar-refractivity contribution in [2.75, 3.05) is 5.32 Å². The Morgan fingerprint density at radius 2 is 2.17 bits per heavy atom. The lowest BCUT2D eigenvalue weighted by atomic mass is 10.2. The molecule has 94 valence electrons. The smallest absolute Gasteiger partial charge is 0.129 e. The maximum atomic E-state index is 13.5. The average molecular weight is 330 g/mol. The Labute approximate surface area is 118 Å². The molecule has 0 fully saturated rings. The largest absolute Gasteiger partial charge is 0.380 e. The van der Waals surface area contributed by atoms with Gasteiger partial charge >= 0.3 is 0 Å². The van der Waals surface area contributed by atoms with Gasteiger partial charge in [-0.15, -0.1) is 0 Å². The summed E-state index contributed by atoms with van der Waals surface area (Å²) < 4.78 is 14.4. The van der Waals surface area contributed by atoms with E-state index in [1.807, 2.05) is 13.0 Å². The normalized spacial score (nSPS) is 10.4. The molecule has 18 heavy (non-hydrogen) atoms. The predicted molar refractivity (Wildman–Crippen MR) is 75.4 cm³/mol. The Morgan fingerprint density at radius 1 is 1.39 bits per heavy atom. The molecule has 0 aliphatic heterocycles. The van der Waals surface area contributed by atoms with Crippen molar-refractivity contribution < 1.29 is 4.39 Å². The molecule has 1 aromatic carbocycles. The summed E-state index contributed by atoms with van der Waals surface area (Å²) in [5.74, 6) is -0.309. The summed E-state index contributed by atoms with van der Waals surface area (Å²) in [7, 11) is 0. The summed E-state index contributed by atoms with van der Waals surface area (Å²) in [5.41, 5.74) is 2.45. The molecule has 2 nitrogen and oxygen atoms in total. The maximum Gasteiger partial charge on any atom is 0.129 e. The lowest BCUT2D eigenvalue weighted by Gasteiger charge is -2.08. The fourth-order valence-electron chi connectivity index (χ4n) is 1.52. The summed E-state index contributed by atoms with van der Waals surface area (Å²) in [6, 6.07) is 6.60. The first-order chi connectivity index (χ1) is 8.56. The quantitative estimate of drug-likeness (QED) is 0.835. The van der Waals surface area contributed by atoms with E-state index in [2.05, 4.69) is 26.2 Å². The molecule has 1 heterocycles. The summed E-state index contributed by atoms with van der Waals surface area (Å²) in [6.45, 7) is 2.34. The molecule has 0 radical (unpaired) electrons. The number of nitrogens with zero attached hydrogens (tertiary/aromatic N) is 1. The van der Waals surface area contributed by atoms with Crippen LogP contribution >= 0.6 is 27.5 Å². The van der Waals surface area contributed by atoms with Gasteiger partial charge in [-0.1, -0.05) is 17.7 Å². The summed E-state index contributed by atoms with van der Waals surface area (Å²) in [4.78, 5) is 4.17. The van der Waals surface area contributed by atoms with Gasteiger partial charge < -0.3 is 5.32 Å². The van der Waals surface area contributed by atoms with Gasteiger partial charge in [0.25, 0.3) is 0 Å². The number of hydrogen-bond acceptors (Lipinski definition) is 2. The number of aromatic nitrogens is 1.